The van der Waals surface area contributed by atoms with E-state index in [-0.39, 0.29) is 0 Å². The molecule has 3 rings (SSSR count). The van der Waals surface area contributed by atoms with Gasteiger partial charge in [-0.05, 0) is 44.9 Å². The largest absolute Gasteiger partial charge is 0.307 e. The van der Waals surface area contributed by atoms with Gasteiger partial charge in [-0.3, -0.25) is 4.57 Å². The lowest BCUT2D eigenvalue weighted by Crippen LogP contribution is -2.17. The van der Waals surface area contributed by atoms with E-state index in [1.54, 1.807) is 0 Å². The fourth-order valence-corrected chi connectivity index (χ4v) is 2.65. The zero-order valence-corrected chi connectivity index (χ0v) is 10.8. The third kappa shape index (κ3) is 1.93. The van der Waals surface area contributed by atoms with Gasteiger partial charge in [-0.2, -0.15) is 0 Å². The van der Waals surface area contributed by atoms with Crippen LogP contribution in [0.3, 0.4) is 0 Å². The molecule has 1 saturated heterocycles. The van der Waals surface area contributed by atoms with Gasteiger partial charge in [-0.15, -0.1) is 10.2 Å². The maximum atomic E-state index is 4.29. The molecule has 0 saturated carbocycles. The molecule has 1 aromatic heterocycles. The molecule has 0 aliphatic carbocycles. The standard InChI is InChI=1S/C14H18N4/c1-10-5-6-13(11(2)8-10)18-9-16-17-14(18)12-4-3-7-15-12/h5-6,8-9,12,15H,3-4,7H2,1-2H3. The Bertz CT molecular complexity index is 553. The highest BCUT2D eigenvalue weighted by Gasteiger charge is 2.22. The molecule has 1 aliphatic heterocycles. The van der Waals surface area contributed by atoms with Crippen molar-refractivity contribution >= 4 is 0 Å². The summed E-state index contributed by atoms with van der Waals surface area (Å²) < 4.78 is 2.11. The van der Waals surface area contributed by atoms with Gasteiger partial charge in [0.1, 0.15) is 6.33 Å². The Kier molecular flexibility index (Phi) is 2.88. The number of rotatable bonds is 2. The van der Waals surface area contributed by atoms with E-state index in [4.69, 9.17) is 0 Å². The highest BCUT2D eigenvalue weighted by Crippen LogP contribution is 2.24. The van der Waals surface area contributed by atoms with Crippen molar-refractivity contribution in [3.8, 4) is 5.69 Å². The molecule has 0 amide bonds. The molecule has 0 spiro atoms. The second-order valence-electron chi connectivity index (χ2n) is 5.00. The third-order valence-corrected chi connectivity index (χ3v) is 3.56. The van der Waals surface area contributed by atoms with Crippen molar-refractivity contribution < 1.29 is 0 Å². The summed E-state index contributed by atoms with van der Waals surface area (Å²) in [6.45, 7) is 5.32. The minimum absolute atomic E-state index is 0.341. The second kappa shape index (κ2) is 4.53. The molecule has 1 unspecified atom stereocenters. The Morgan fingerprint density at radius 1 is 1.33 bits per heavy atom. The normalized spacial score (nSPS) is 19.3. The molecular formula is C14H18N4. The van der Waals surface area contributed by atoms with Crippen LogP contribution in [0.2, 0.25) is 0 Å². The maximum absolute atomic E-state index is 4.29. The third-order valence-electron chi connectivity index (χ3n) is 3.56. The summed E-state index contributed by atoms with van der Waals surface area (Å²) >= 11 is 0. The van der Waals surface area contributed by atoms with Crippen LogP contribution in [0.25, 0.3) is 5.69 Å². The number of aromatic nitrogens is 3. The summed E-state index contributed by atoms with van der Waals surface area (Å²) in [5.74, 6) is 1.03. The predicted molar refractivity (Wildman–Crippen MR) is 70.8 cm³/mol. The van der Waals surface area contributed by atoms with Crippen molar-refractivity contribution in [1.29, 1.82) is 0 Å². The average Bonchev–Trinajstić information content (AvgIpc) is 2.98. The van der Waals surface area contributed by atoms with E-state index in [0.29, 0.717) is 6.04 Å². The van der Waals surface area contributed by atoms with Crippen molar-refractivity contribution in [2.24, 2.45) is 0 Å². The SMILES string of the molecule is Cc1ccc(-n2cnnc2C2CCCN2)c(C)c1. The number of nitrogens with zero attached hydrogens (tertiary/aromatic N) is 3. The molecule has 1 fully saturated rings. The zero-order chi connectivity index (χ0) is 12.5. The first-order chi connectivity index (χ1) is 8.75. The van der Waals surface area contributed by atoms with Gasteiger partial charge in [-0.25, -0.2) is 0 Å². The topological polar surface area (TPSA) is 42.7 Å². The summed E-state index contributed by atoms with van der Waals surface area (Å²) in [5.41, 5.74) is 3.72. The van der Waals surface area contributed by atoms with Crippen LogP contribution in [-0.4, -0.2) is 21.3 Å². The molecule has 94 valence electrons. The van der Waals surface area contributed by atoms with Crippen LogP contribution in [0, 0.1) is 13.8 Å². The molecule has 0 radical (unpaired) electrons. The minimum atomic E-state index is 0.341. The van der Waals surface area contributed by atoms with Crippen LogP contribution < -0.4 is 5.32 Å². The molecule has 1 aliphatic rings. The molecule has 18 heavy (non-hydrogen) atoms. The molecule has 1 atom stereocenters. The predicted octanol–water partition coefficient (Wildman–Crippen LogP) is 2.31. The van der Waals surface area contributed by atoms with E-state index in [0.717, 1.165) is 18.8 Å². The molecule has 4 nitrogen and oxygen atoms in total. The van der Waals surface area contributed by atoms with Crippen molar-refractivity contribution in [2.45, 2.75) is 32.7 Å². The van der Waals surface area contributed by atoms with Crippen LogP contribution in [0.4, 0.5) is 0 Å². The van der Waals surface area contributed by atoms with Gasteiger partial charge >= 0.3 is 0 Å². The van der Waals surface area contributed by atoms with Crippen molar-refractivity contribution in [3.63, 3.8) is 0 Å². The van der Waals surface area contributed by atoms with Gasteiger partial charge in [0.15, 0.2) is 5.82 Å². The van der Waals surface area contributed by atoms with E-state index in [2.05, 4.69) is 52.1 Å². The van der Waals surface area contributed by atoms with Crippen molar-refractivity contribution in [3.05, 3.63) is 41.5 Å². The Labute approximate surface area is 107 Å². The molecule has 1 N–H and O–H groups in total. The van der Waals surface area contributed by atoms with E-state index < -0.39 is 0 Å². The molecule has 0 bridgehead atoms. The highest BCUT2D eigenvalue weighted by molar-refractivity contribution is 5.43. The summed E-state index contributed by atoms with van der Waals surface area (Å²) in [4.78, 5) is 0. The van der Waals surface area contributed by atoms with E-state index >= 15 is 0 Å². The molecular weight excluding hydrogens is 224 g/mol. The van der Waals surface area contributed by atoms with Crippen molar-refractivity contribution in [2.75, 3.05) is 6.54 Å². The fraction of sp³-hybridized carbons (Fsp3) is 0.429. The number of hydrogen-bond donors (Lipinski definition) is 1. The van der Waals surface area contributed by atoms with Crippen molar-refractivity contribution in [1.82, 2.24) is 20.1 Å². The van der Waals surface area contributed by atoms with Gasteiger partial charge in [0.2, 0.25) is 0 Å². The molecule has 1 aromatic carbocycles. The number of nitrogens with one attached hydrogen (secondary N) is 1. The van der Waals surface area contributed by atoms with E-state index in [1.165, 1.54) is 23.2 Å². The molecule has 2 heterocycles. The van der Waals surface area contributed by atoms with Crippen LogP contribution in [0.15, 0.2) is 24.5 Å². The lowest BCUT2D eigenvalue weighted by atomic mass is 10.1. The fourth-order valence-electron chi connectivity index (χ4n) is 2.65. The van der Waals surface area contributed by atoms with Gasteiger partial charge in [0.25, 0.3) is 0 Å². The Balaban J connectivity index is 2.03. The lowest BCUT2D eigenvalue weighted by molar-refractivity contribution is 0.592. The van der Waals surface area contributed by atoms with Crippen LogP contribution in [0.1, 0.15) is 35.8 Å². The van der Waals surface area contributed by atoms with Gasteiger partial charge in [0.05, 0.1) is 11.7 Å². The first-order valence-electron chi connectivity index (χ1n) is 6.46. The number of hydrogen-bond acceptors (Lipinski definition) is 3. The van der Waals surface area contributed by atoms with E-state index in [9.17, 15) is 0 Å². The Hall–Kier alpha value is -1.68. The number of aryl methyl sites for hydroxylation is 2. The average molecular weight is 242 g/mol. The zero-order valence-electron chi connectivity index (χ0n) is 10.8. The molecule has 4 heteroatoms. The first-order valence-corrected chi connectivity index (χ1v) is 6.46. The maximum Gasteiger partial charge on any atom is 0.154 e. The summed E-state index contributed by atoms with van der Waals surface area (Å²) in [7, 11) is 0. The summed E-state index contributed by atoms with van der Waals surface area (Å²) in [6.07, 6.45) is 4.17. The van der Waals surface area contributed by atoms with Gasteiger partial charge < -0.3 is 5.32 Å². The summed E-state index contributed by atoms with van der Waals surface area (Å²) in [5, 5.41) is 11.8. The second-order valence-corrected chi connectivity index (χ2v) is 5.00. The Morgan fingerprint density at radius 3 is 2.94 bits per heavy atom. The summed E-state index contributed by atoms with van der Waals surface area (Å²) in [6, 6.07) is 6.81. The Morgan fingerprint density at radius 2 is 2.22 bits per heavy atom. The minimum Gasteiger partial charge on any atom is -0.307 e. The molecule has 2 aromatic rings. The highest BCUT2D eigenvalue weighted by atomic mass is 15.3. The number of benzene rings is 1. The van der Waals surface area contributed by atoms with Crippen LogP contribution in [0.5, 0.6) is 0 Å². The lowest BCUT2D eigenvalue weighted by Gasteiger charge is -2.14. The van der Waals surface area contributed by atoms with Gasteiger partial charge in [0, 0.05) is 0 Å². The van der Waals surface area contributed by atoms with Crippen LogP contribution in [-0.2, 0) is 0 Å². The smallest absolute Gasteiger partial charge is 0.154 e. The van der Waals surface area contributed by atoms with Crippen LogP contribution >= 0.6 is 0 Å². The van der Waals surface area contributed by atoms with E-state index in [1.807, 2.05) is 6.33 Å². The monoisotopic (exact) mass is 242 g/mol. The first kappa shape index (κ1) is 11.4. The van der Waals surface area contributed by atoms with Gasteiger partial charge in [-0.1, -0.05) is 17.7 Å². The quantitative estimate of drug-likeness (QED) is 0.878.